The maximum absolute atomic E-state index is 3.81. The van der Waals surface area contributed by atoms with Gasteiger partial charge in [-0.1, -0.05) is 64.8 Å². The van der Waals surface area contributed by atoms with Gasteiger partial charge in [0.25, 0.3) is 0 Å². The predicted octanol–water partition coefficient (Wildman–Crippen LogP) is 5.36. The van der Waals surface area contributed by atoms with Crippen molar-refractivity contribution in [1.82, 2.24) is 0 Å². The highest BCUT2D eigenvalue weighted by Gasteiger charge is 2.21. The van der Waals surface area contributed by atoms with Gasteiger partial charge >= 0.3 is 0 Å². The van der Waals surface area contributed by atoms with Crippen LogP contribution >= 0.6 is 31.9 Å². The largest absolute Gasteiger partial charge is 0.0881 e. The first-order chi connectivity index (χ1) is 7.06. The number of benzene rings is 1. The first-order valence-electron chi connectivity index (χ1n) is 5.45. The van der Waals surface area contributed by atoms with E-state index in [2.05, 4.69) is 76.9 Å². The van der Waals surface area contributed by atoms with E-state index in [1.54, 1.807) is 0 Å². The minimum absolute atomic E-state index is 0.553. The molecule has 0 spiro atoms. The number of hydrogen-bond acceptors (Lipinski definition) is 0. The Morgan fingerprint density at radius 1 is 1.27 bits per heavy atom. The lowest BCUT2D eigenvalue weighted by Crippen LogP contribution is -2.17. The topological polar surface area (TPSA) is 0 Å². The second-order valence-corrected chi connectivity index (χ2v) is 6.23. The second kappa shape index (κ2) is 6.05. The van der Waals surface area contributed by atoms with Crippen molar-refractivity contribution in [2.24, 2.45) is 5.92 Å². The molecule has 0 fully saturated rings. The summed E-state index contributed by atoms with van der Waals surface area (Å²) in [6.45, 7) is 6.78. The molecule has 0 saturated carbocycles. The van der Waals surface area contributed by atoms with E-state index >= 15 is 0 Å². The van der Waals surface area contributed by atoms with Crippen LogP contribution in [0.15, 0.2) is 28.7 Å². The zero-order valence-corrected chi connectivity index (χ0v) is 12.7. The maximum atomic E-state index is 3.81. The van der Waals surface area contributed by atoms with Gasteiger partial charge in [-0.2, -0.15) is 0 Å². The van der Waals surface area contributed by atoms with Crippen molar-refractivity contribution < 1.29 is 0 Å². The van der Waals surface area contributed by atoms with E-state index in [0.717, 1.165) is 0 Å². The number of alkyl halides is 1. The normalized spacial score (nSPS) is 15.3. The van der Waals surface area contributed by atoms with Gasteiger partial charge in [-0.3, -0.25) is 0 Å². The first kappa shape index (κ1) is 13.2. The van der Waals surface area contributed by atoms with Gasteiger partial charge in [0.05, 0.1) is 0 Å². The Labute approximate surface area is 110 Å². The standard InChI is InChI=1S/C13H18Br2/c1-4-12(13(15)9(2)3)10-6-5-7-11(14)8-10/h5-9,12-13H,4H2,1-3H3. The molecule has 0 radical (unpaired) electrons. The van der Waals surface area contributed by atoms with Crippen LogP contribution in [0.3, 0.4) is 0 Å². The van der Waals surface area contributed by atoms with Gasteiger partial charge in [-0.15, -0.1) is 0 Å². The molecule has 1 rings (SSSR count). The fraction of sp³-hybridized carbons (Fsp3) is 0.538. The van der Waals surface area contributed by atoms with Crippen LogP contribution in [-0.2, 0) is 0 Å². The summed E-state index contributed by atoms with van der Waals surface area (Å²) >= 11 is 7.35. The van der Waals surface area contributed by atoms with Crippen LogP contribution in [0.2, 0.25) is 0 Å². The van der Waals surface area contributed by atoms with Crippen molar-refractivity contribution in [1.29, 1.82) is 0 Å². The van der Waals surface area contributed by atoms with Crippen LogP contribution in [0.25, 0.3) is 0 Å². The first-order valence-corrected chi connectivity index (χ1v) is 7.16. The lowest BCUT2D eigenvalue weighted by molar-refractivity contribution is 0.514. The summed E-state index contributed by atoms with van der Waals surface area (Å²) in [7, 11) is 0. The summed E-state index contributed by atoms with van der Waals surface area (Å²) in [5, 5.41) is 0. The zero-order valence-electron chi connectivity index (χ0n) is 9.50. The van der Waals surface area contributed by atoms with Crippen LogP contribution in [-0.4, -0.2) is 4.83 Å². The summed E-state index contributed by atoms with van der Waals surface area (Å²) in [5.41, 5.74) is 1.42. The molecule has 0 heterocycles. The van der Waals surface area contributed by atoms with E-state index < -0.39 is 0 Å². The molecule has 2 atom stereocenters. The molecule has 1 aromatic carbocycles. The molecule has 0 saturated heterocycles. The maximum Gasteiger partial charge on any atom is 0.0237 e. The SMILES string of the molecule is CCC(c1cccc(Br)c1)C(Br)C(C)C. The molecule has 0 aliphatic carbocycles. The third-order valence-electron chi connectivity index (χ3n) is 2.74. The molecule has 0 bridgehead atoms. The quantitative estimate of drug-likeness (QED) is 0.650. The van der Waals surface area contributed by atoms with Gasteiger partial charge in [-0.25, -0.2) is 0 Å². The van der Waals surface area contributed by atoms with Crippen molar-refractivity contribution in [2.45, 2.75) is 37.9 Å². The van der Waals surface area contributed by atoms with Crippen molar-refractivity contribution >= 4 is 31.9 Å². The third kappa shape index (κ3) is 3.60. The highest BCUT2D eigenvalue weighted by atomic mass is 79.9. The smallest absolute Gasteiger partial charge is 0.0237 e. The monoisotopic (exact) mass is 332 g/mol. The summed E-state index contributed by atoms with van der Waals surface area (Å²) < 4.78 is 1.17. The number of hydrogen-bond donors (Lipinski definition) is 0. The lowest BCUT2D eigenvalue weighted by Gasteiger charge is -2.25. The number of halogens is 2. The van der Waals surface area contributed by atoms with Crippen LogP contribution in [0.4, 0.5) is 0 Å². The molecule has 2 heteroatoms. The highest BCUT2D eigenvalue weighted by Crippen LogP contribution is 2.33. The van der Waals surface area contributed by atoms with Gasteiger partial charge in [0.15, 0.2) is 0 Å². The summed E-state index contributed by atoms with van der Waals surface area (Å²) in [6, 6.07) is 8.64. The molecule has 0 N–H and O–H groups in total. The molecule has 84 valence electrons. The van der Waals surface area contributed by atoms with E-state index in [9.17, 15) is 0 Å². The molecule has 0 nitrogen and oxygen atoms in total. The molecule has 15 heavy (non-hydrogen) atoms. The van der Waals surface area contributed by atoms with Crippen molar-refractivity contribution in [2.75, 3.05) is 0 Å². The molecule has 0 amide bonds. The summed E-state index contributed by atoms with van der Waals surface area (Å²) in [4.78, 5) is 0.553. The molecule has 1 aromatic rings. The van der Waals surface area contributed by atoms with E-state index in [1.165, 1.54) is 16.5 Å². The molecule has 0 aliphatic rings. The Bertz CT molecular complexity index is 307. The molecule has 2 unspecified atom stereocenters. The fourth-order valence-electron chi connectivity index (χ4n) is 1.85. The van der Waals surface area contributed by atoms with Crippen LogP contribution in [0.5, 0.6) is 0 Å². The minimum Gasteiger partial charge on any atom is -0.0881 e. The van der Waals surface area contributed by atoms with Gasteiger partial charge < -0.3 is 0 Å². The Morgan fingerprint density at radius 2 is 1.93 bits per heavy atom. The Hall–Kier alpha value is 0.180. The third-order valence-corrected chi connectivity index (χ3v) is 4.93. The summed E-state index contributed by atoms with van der Waals surface area (Å²) in [5.74, 6) is 1.26. The second-order valence-electron chi connectivity index (χ2n) is 4.26. The number of rotatable bonds is 4. The average Bonchev–Trinajstić information content (AvgIpc) is 2.18. The molecule has 0 aromatic heterocycles. The van der Waals surface area contributed by atoms with Gasteiger partial charge in [0.1, 0.15) is 0 Å². The lowest BCUT2D eigenvalue weighted by atomic mass is 9.88. The fourth-order valence-corrected chi connectivity index (χ4v) is 2.94. The van der Waals surface area contributed by atoms with Crippen LogP contribution < -0.4 is 0 Å². The van der Waals surface area contributed by atoms with Crippen molar-refractivity contribution in [3.63, 3.8) is 0 Å². The van der Waals surface area contributed by atoms with E-state index in [1.807, 2.05) is 0 Å². The highest BCUT2D eigenvalue weighted by molar-refractivity contribution is 9.10. The molecule has 0 aliphatic heterocycles. The van der Waals surface area contributed by atoms with Gasteiger partial charge in [0, 0.05) is 9.30 Å². The van der Waals surface area contributed by atoms with E-state index in [-0.39, 0.29) is 0 Å². The summed E-state index contributed by atoms with van der Waals surface area (Å²) in [6.07, 6.45) is 1.17. The van der Waals surface area contributed by atoms with Crippen LogP contribution in [0, 0.1) is 5.92 Å². The van der Waals surface area contributed by atoms with Crippen molar-refractivity contribution in [3.05, 3.63) is 34.3 Å². The Balaban J connectivity index is 2.92. The Kier molecular flexibility index (Phi) is 5.34. The average molecular weight is 334 g/mol. The Morgan fingerprint density at radius 3 is 2.40 bits per heavy atom. The van der Waals surface area contributed by atoms with Crippen LogP contribution in [0.1, 0.15) is 38.7 Å². The molecular weight excluding hydrogens is 316 g/mol. The van der Waals surface area contributed by atoms with Gasteiger partial charge in [-0.05, 0) is 36.0 Å². The van der Waals surface area contributed by atoms with E-state index in [4.69, 9.17) is 0 Å². The predicted molar refractivity (Wildman–Crippen MR) is 74.7 cm³/mol. The zero-order chi connectivity index (χ0) is 11.4. The minimum atomic E-state index is 0.553. The van der Waals surface area contributed by atoms with Crippen molar-refractivity contribution in [3.8, 4) is 0 Å². The van der Waals surface area contributed by atoms with E-state index in [0.29, 0.717) is 16.7 Å². The van der Waals surface area contributed by atoms with Gasteiger partial charge in [0.2, 0.25) is 0 Å². The molecular formula is C13H18Br2.